The van der Waals surface area contributed by atoms with Crippen LogP contribution in [0.2, 0.25) is 10.0 Å². The van der Waals surface area contributed by atoms with Crippen LogP contribution in [0.15, 0.2) is 41.4 Å². The van der Waals surface area contributed by atoms with Gasteiger partial charge in [0.05, 0.1) is 12.1 Å². The second-order valence-electron chi connectivity index (χ2n) is 4.45. The number of rotatable bonds is 3. The van der Waals surface area contributed by atoms with Gasteiger partial charge in [-0.25, -0.2) is 0 Å². The first-order chi connectivity index (χ1) is 10.2. The van der Waals surface area contributed by atoms with Gasteiger partial charge in [0.1, 0.15) is 11.6 Å². The predicted octanol–water partition coefficient (Wildman–Crippen LogP) is 3.90. The van der Waals surface area contributed by atoms with Gasteiger partial charge in [-0.05, 0) is 42.0 Å². The van der Waals surface area contributed by atoms with Gasteiger partial charge in [0, 0.05) is 15.7 Å². The second kappa shape index (κ2) is 5.76. The number of nitrogens with one attached hydrogen (secondary N) is 1. The van der Waals surface area contributed by atoms with Crippen LogP contribution in [0.5, 0.6) is 5.75 Å². The van der Waals surface area contributed by atoms with Crippen molar-refractivity contribution in [3.63, 3.8) is 0 Å². The van der Waals surface area contributed by atoms with E-state index in [4.69, 9.17) is 27.9 Å². The molecule has 0 spiro atoms. The Morgan fingerprint density at radius 3 is 2.71 bits per heavy atom. The molecule has 0 radical (unpaired) electrons. The summed E-state index contributed by atoms with van der Waals surface area (Å²) in [6.45, 7) is 0.870. The molecule has 1 aliphatic rings. The van der Waals surface area contributed by atoms with Crippen LogP contribution in [-0.2, 0) is 11.3 Å². The number of benzene rings is 2. The van der Waals surface area contributed by atoms with Crippen LogP contribution < -0.4 is 10.1 Å². The van der Waals surface area contributed by atoms with Crippen LogP contribution in [0.25, 0.3) is 0 Å². The maximum atomic E-state index is 10.6. The smallest absolute Gasteiger partial charge is 0.298 e. The van der Waals surface area contributed by atoms with Crippen LogP contribution >= 0.6 is 23.2 Å². The normalized spacial score (nSPS) is 13.0. The number of aliphatic imine (C=N–C) groups is 1. The van der Waals surface area contributed by atoms with E-state index in [1.807, 2.05) is 12.1 Å². The molecule has 0 saturated carbocycles. The van der Waals surface area contributed by atoms with Crippen molar-refractivity contribution in [2.24, 2.45) is 4.99 Å². The average molecular weight is 321 g/mol. The summed E-state index contributed by atoms with van der Waals surface area (Å²) in [7, 11) is 0. The van der Waals surface area contributed by atoms with Gasteiger partial charge in [-0.2, -0.15) is 0 Å². The van der Waals surface area contributed by atoms with E-state index in [0.717, 1.165) is 11.3 Å². The maximum absolute atomic E-state index is 10.6. The third kappa shape index (κ3) is 2.86. The lowest BCUT2D eigenvalue weighted by Crippen LogP contribution is -2.20. The molecule has 1 N–H and O–H groups in total. The fourth-order valence-electron chi connectivity index (χ4n) is 2.14. The third-order valence-corrected chi connectivity index (χ3v) is 3.57. The standard InChI is InChI=1S/C15H10Cl2N2O2/c16-10-1-3-13-9(5-10)7-18-15(19-13)12-6-11(17)2-4-14(12)21-8-20/h1-6,8H,7H2,(H,18,19). The highest BCUT2D eigenvalue weighted by molar-refractivity contribution is 6.31. The van der Waals surface area contributed by atoms with Gasteiger partial charge in [-0.15, -0.1) is 0 Å². The number of carbonyl (C=O) groups is 1. The van der Waals surface area contributed by atoms with Crippen LogP contribution in [0.4, 0.5) is 5.69 Å². The van der Waals surface area contributed by atoms with Crippen LogP contribution in [-0.4, -0.2) is 12.3 Å². The number of carbonyl (C=O) groups excluding carboxylic acids is 1. The molecule has 0 atom stereocenters. The zero-order valence-electron chi connectivity index (χ0n) is 10.8. The number of ether oxygens (including phenoxy) is 1. The van der Waals surface area contributed by atoms with E-state index < -0.39 is 0 Å². The molecule has 0 bridgehead atoms. The molecule has 0 fully saturated rings. The molecule has 0 aromatic heterocycles. The summed E-state index contributed by atoms with van der Waals surface area (Å²) in [6, 6.07) is 10.5. The SMILES string of the molecule is O=COc1ccc(Cl)cc1C1=NCc2cc(Cl)ccc2N1. The van der Waals surface area contributed by atoms with Gasteiger partial charge in [0.25, 0.3) is 6.47 Å². The Morgan fingerprint density at radius 2 is 1.90 bits per heavy atom. The molecule has 0 aliphatic carbocycles. The quantitative estimate of drug-likeness (QED) is 0.872. The van der Waals surface area contributed by atoms with Crippen molar-refractivity contribution in [3.8, 4) is 5.75 Å². The highest BCUT2D eigenvalue weighted by atomic mass is 35.5. The van der Waals surface area contributed by atoms with Crippen molar-refractivity contribution in [3.05, 3.63) is 57.6 Å². The van der Waals surface area contributed by atoms with E-state index in [1.54, 1.807) is 24.3 Å². The Labute approximate surface area is 131 Å². The summed E-state index contributed by atoms with van der Waals surface area (Å²) < 4.78 is 4.97. The number of nitrogens with zero attached hydrogens (tertiary/aromatic N) is 1. The van der Waals surface area contributed by atoms with Crippen molar-refractivity contribution in [1.29, 1.82) is 0 Å². The number of anilines is 1. The minimum absolute atomic E-state index is 0.379. The Hall–Kier alpha value is -2.04. The molecule has 1 aliphatic heterocycles. The van der Waals surface area contributed by atoms with E-state index >= 15 is 0 Å². The summed E-state index contributed by atoms with van der Waals surface area (Å²) in [5, 5.41) is 4.41. The fraction of sp³-hybridized carbons (Fsp3) is 0.0667. The number of hydrogen-bond donors (Lipinski definition) is 1. The number of hydrogen-bond acceptors (Lipinski definition) is 4. The Balaban J connectivity index is 1.99. The van der Waals surface area contributed by atoms with E-state index in [0.29, 0.717) is 40.2 Å². The molecule has 0 amide bonds. The topological polar surface area (TPSA) is 50.7 Å². The third-order valence-electron chi connectivity index (χ3n) is 3.10. The zero-order valence-corrected chi connectivity index (χ0v) is 12.3. The van der Waals surface area contributed by atoms with Gasteiger partial charge in [-0.3, -0.25) is 9.79 Å². The van der Waals surface area contributed by atoms with Crippen LogP contribution in [0, 0.1) is 0 Å². The summed E-state index contributed by atoms with van der Waals surface area (Å²) in [5.41, 5.74) is 2.56. The summed E-state index contributed by atoms with van der Waals surface area (Å²) in [6.07, 6.45) is 0. The first kappa shape index (κ1) is 13.9. The van der Waals surface area contributed by atoms with Crippen molar-refractivity contribution in [1.82, 2.24) is 0 Å². The molecule has 2 aromatic rings. The molecular formula is C15H10Cl2N2O2. The first-order valence-corrected chi connectivity index (χ1v) is 6.93. The summed E-state index contributed by atoms with van der Waals surface area (Å²) in [4.78, 5) is 15.1. The van der Waals surface area contributed by atoms with Crippen molar-refractivity contribution in [2.45, 2.75) is 6.54 Å². The molecule has 21 heavy (non-hydrogen) atoms. The highest BCUT2D eigenvalue weighted by Gasteiger charge is 2.17. The lowest BCUT2D eigenvalue weighted by molar-refractivity contribution is -0.120. The van der Waals surface area contributed by atoms with Crippen molar-refractivity contribution < 1.29 is 9.53 Å². The second-order valence-corrected chi connectivity index (χ2v) is 5.32. The van der Waals surface area contributed by atoms with E-state index in [2.05, 4.69) is 10.3 Å². The Morgan fingerprint density at radius 1 is 1.14 bits per heavy atom. The highest BCUT2D eigenvalue weighted by Crippen LogP contribution is 2.29. The minimum Gasteiger partial charge on any atom is -0.428 e. The molecule has 3 rings (SSSR count). The van der Waals surface area contributed by atoms with Crippen LogP contribution in [0.1, 0.15) is 11.1 Å². The van der Waals surface area contributed by atoms with Crippen LogP contribution in [0.3, 0.4) is 0 Å². The van der Waals surface area contributed by atoms with E-state index in [1.165, 1.54) is 0 Å². The lowest BCUT2D eigenvalue weighted by Gasteiger charge is -2.20. The molecule has 106 valence electrons. The maximum Gasteiger partial charge on any atom is 0.298 e. The molecule has 6 heteroatoms. The Bertz CT molecular complexity index is 744. The van der Waals surface area contributed by atoms with Gasteiger partial charge in [0.2, 0.25) is 0 Å². The number of halogens is 2. The molecule has 2 aromatic carbocycles. The minimum atomic E-state index is 0.379. The fourth-order valence-corrected chi connectivity index (χ4v) is 2.51. The van der Waals surface area contributed by atoms with Gasteiger partial charge >= 0.3 is 0 Å². The van der Waals surface area contributed by atoms with Crippen molar-refractivity contribution >= 4 is 41.2 Å². The predicted molar refractivity (Wildman–Crippen MR) is 83.5 cm³/mol. The average Bonchev–Trinajstić information content (AvgIpc) is 2.49. The number of amidine groups is 1. The molecule has 4 nitrogen and oxygen atoms in total. The van der Waals surface area contributed by atoms with Gasteiger partial charge in [-0.1, -0.05) is 23.2 Å². The zero-order chi connectivity index (χ0) is 14.8. The monoisotopic (exact) mass is 320 g/mol. The molecule has 0 saturated heterocycles. The van der Waals surface area contributed by atoms with Gasteiger partial charge in [0.15, 0.2) is 0 Å². The Kier molecular flexibility index (Phi) is 3.82. The molecular weight excluding hydrogens is 311 g/mol. The van der Waals surface area contributed by atoms with Gasteiger partial charge < -0.3 is 10.1 Å². The molecule has 0 unspecified atom stereocenters. The lowest BCUT2D eigenvalue weighted by atomic mass is 10.1. The summed E-state index contributed by atoms with van der Waals surface area (Å²) in [5.74, 6) is 1.00. The summed E-state index contributed by atoms with van der Waals surface area (Å²) >= 11 is 12.0. The van der Waals surface area contributed by atoms with Crippen molar-refractivity contribution in [2.75, 3.05) is 5.32 Å². The number of fused-ring (bicyclic) bond motifs is 1. The molecule has 1 heterocycles. The first-order valence-electron chi connectivity index (χ1n) is 6.17. The van der Waals surface area contributed by atoms with E-state index in [9.17, 15) is 4.79 Å². The largest absolute Gasteiger partial charge is 0.428 e. The van der Waals surface area contributed by atoms with E-state index in [-0.39, 0.29) is 0 Å².